The molecule has 0 saturated heterocycles. The van der Waals surface area contributed by atoms with Gasteiger partial charge in [0.1, 0.15) is 5.58 Å². The van der Waals surface area contributed by atoms with Crippen molar-refractivity contribution in [2.45, 2.75) is 25.3 Å². The number of carbonyl (C=O) groups excluding carboxylic acids is 1. The summed E-state index contributed by atoms with van der Waals surface area (Å²) < 4.78 is 5.65. The standard InChI is InChI=1S/C18H18N2O2S/c1-11-4-6-15-13(10-22-18(15)12(11)2)8-16(21)20-14-5-7-17(23-3)19-9-14/h4-7,9-10H,8H2,1-3H3,(H,20,21). The Kier molecular flexibility index (Phi) is 4.39. The van der Waals surface area contributed by atoms with Gasteiger partial charge in [-0.2, -0.15) is 0 Å². The molecule has 23 heavy (non-hydrogen) atoms. The molecule has 0 aliphatic carbocycles. The van der Waals surface area contributed by atoms with Crippen molar-refractivity contribution in [2.75, 3.05) is 11.6 Å². The normalized spacial score (nSPS) is 10.9. The van der Waals surface area contributed by atoms with Gasteiger partial charge in [0.2, 0.25) is 5.91 Å². The first kappa shape index (κ1) is 15.6. The molecule has 0 aliphatic heterocycles. The molecule has 0 radical (unpaired) electrons. The molecule has 0 saturated carbocycles. The lowest BCUT2D eigenvalue weighted by Crippen LogP contribution is -2.14. The second-order valence-corrected chi connectivity index (χ2v) is 6.29. The van der Waals surface area contributed by atoms with Crippen molar-refractivity contribution in [2.24, 2.45) is 0 Å². The minimum Gasteiger partial charge on any atom is -0.464 e. The van der Waals surface area contributed by atoms with E-state index < -0.39 is 0 Å². The largest absolute Gasteiger partial charge is 0.464 e. The maximum absolute atomic E-state index is 12.2. The van der Waals surface area contributed by atoms with Crippen LogP contribution in [0.4, 0.5) is 5.69 Å². The number of pyridine rings is 1. The number of aromatic nitrogens is 1. The molecule has 2 heterocycles. The molecule has 4 nitrogen and oxygen atoms in total. The monoisotopic (exact) mass is 326 g/mol. The lowest BCUT2D eigenvalue weighted by molar-refractivity contribution is -0.115. The van der Waals surface area contributed by atoms with E-state index in [9.17, 15) is 4.79 Å². The van der Waals surface area contributed by atoms with E-state index in [1.54, 1.807) is 24.2 Å². The number of hydrogen-bond acceptors (Lipinski definition) is 4. The highest BCUT2D eigenvalue weighted by Crippen LogP contribution is 2.27. The van der Waals surface area contributed by atoms with Crippen molar-refractivity contribution in [1.82, 2.24) is 4.98 Å². The number of amides is 1. The molecule has 0 fully saturated rings. The first-order chi connectivity index (χ1) is 11.1. The molecule has 1 amide bonds. The number of hydrogen-bond donors (Lipinski definition) is 1. The van der Waals surface area contributed by atoms with E-state index in [1.165, 1.54) is 5.56 Å². The smallest absolute Gasteiger partial charge is 0.228 e. The summed E-state index contributed by atoms with van der Waals surface area (Å²) in [6.45, 7) is 4.08. The molecule has 3 rings (SSSR count). The lowest BCUT2D eigenvalue weighted by atomic mass is 10.0. The highest BCUT2D eigenvalue weighted by Gasteiger charge is 2.13. The van der Waals surface area contributed by atoms with Gasteiger partial charge in [0.25, 0.3) is 0 Å². The van der Waals surface area contributed by atoms with E-state index in [1.807, 2.05) is 31.4 Å². The molecule has 1 N–H and O–H groups in total. The second kappa shape index (κ2) is 6.46. The van der Waals surface area contributed by atoms with Crippen molar-refractivity contribution >= 4 is 34.3 Å². The van der Waals surface area contributed by atoms with Crippen LogP contribution >= 0.6 is 11.8 Å². The van der Waals surface area contributed by atoms with Crippen molar-refractivity contribution in [3.8, 4) is 0 Å². The van der Waals surface area contributed by atoms with E-state index in [-0.39, 0.29) is 12.3 Å². The van der Waals surface area contributed by atoms with Crippen LogP contribution in [-0.4, -0.2) is 17.1 Å². The Morgan fingerprint density at radius 2 is 2.09 bits per heavy atom. The molecule has 1 aromatic carbocycles. The molecular formula is C18H18N2O2S. The first-order valence-corrected chi connectivity index (χ1v) is 8.57. The van der Waals surface area contributed by atoms with Gasteiger partial charge < -0.3 is 9.73 Å². The number of carbonyl (C=O) groups is 1. The van der Waals surface area contributed by atoms with Gasteiger partial charge in [-0.15, -0.1) is 11.8 Å². The molecule has 0 aliphatic rings. The molecular weight excluding hydrogens is 308 g/mol. The molecule has 0 bridgehead atoms. The number of rotatable bonds is 4. The average molecular weight is 326 g/mol. The van der Waals surface area contributed by atoms with E-state index in [4.69, 9.17) is 4.42 Å². The van der Waals surface area contributed by atoms with Crippen LogP contribution < -0.4 is 5.32 Å². The number of nitrogens with one attached hydrogen (secondary N) is 1. The first-order valence-electron chi connectivity index (χ1n) is 7.34. The predicted molar refractivity (Wildman–Crippen MR) is 94.0 cm³/mol. The maximum Gasteiger partial charge on any atom is 0.228 e. The third-order valence-electron chi connectivity index (χ3n) is 3.92. The zero-order valence-corrected chi connectivity index (χ0v) is 14.2. The molecule has 2 aromatic heterocycles. The Labute approximate surface area is 139 Å². The molecule has 5 heteroatoms. The summed E-state index contributed by atoms with van der Waals surface area (Å²) in [5, 5.41) is 4.79. The average Bonchev–Trinajstić information content (AvgIpc) is 2.95. The zero-order chi connectivity index (χ0) is 16.4. The Morgan fingerprint density at radius 1 is 1.26 bits per heavy atom. The Hall–Kier alpha value is -2.27. The Balaban J connectivity index is 1.76. The van der Waals surface area contributed by atoms with Crippen LogP contribution in [-0.2, 0) is 11.2 Å². The van der Waals surface area contributed by atoms with Crippen LogP contribution in [0.3, 0.4) is 0 Å². The SMILES string of the molecule is CSc1ccc(NC(=O)Cc2coc3c(C)c(C)ccc23)cn1. The van der Waals surface area contributed by atoms with Crippen LogP contribution in [0, 0.1) is 13.8 Å². The molecule has 0 unspecified atom stereocenters. The van der Waals surface area contributed by atoms with Gasteiger partial charge in [-0.3, -0.25) is 4.79 Å². The number of benzene rings is 1. The summed E-state index contributed by atoms with van der Waals surface area (Å²) >= 11 is 1.57. The maximum atomic E-state index is 12.2. The molecule has 3 aromatic rings. The number of furan rings is 1. The van der Waals surface area contributed by atoms with E-state index in [2.05, 4.69) is 23.3 Å². The van der Waals surface area contributed by atoms with Gasteiger partial charge >= 0.3 is 0 Å². The molecule has 0 atom stereocenters. The van der Waals surface area contributed by atoms with E-state index in [0.717, 1.165) is 27.1 Å². The summed E-state index contributed by atoms with van der Waals surface area (Å²) in [5.41, 5.74) is 4.76. The summed E-state index contributed by atoms with van der Waals surface area (Å²) in [5.74, 6) is -0.0790. The van der Waals surface area contributed by atoms with Crippen LogP contribution in [0.1, 0.15) is 16.7 Å². The van der Waals surface area contributed by atoms with Crippen LogP contribution in [0.25, 0.3) is 11.0 Å². The fourth-order valence-corrected chi connectivity index (χ4v) is 2.84. The quantitative estimate of drug-likeness (QED) is 0.724. The Morgan fingerprint density at radius 3 is 2.78 bits per heavy atom. The fraction of sp³-hybridized carbons (Fsp3) is 0.222. The summed E-state index contributed by atoms with van der Waals surface area (Å²) in [6, 6.07) is 7.82. The summed E-state index contributed by atoms with van der Waals surface area (Å²) in [7, 11) is 0. The minimum atomic E-state index is -0.0790. The van der Waals surface area contributed by atoms with Crippen molar-refractivity contribution < 1.29 is 9.21 Å². The van der Waals surface area contributed by atoms with Crippen molar-refractivity contribution in [3.05, 3.63) is 53.4 Å². The fourth-order valence-electron chi connectivity index (χ4n) is 2.48. The number of thioether (sulfide) groups is 1. The number of anilines is 1. The zero-order valence-electron chi connectivity index (χ0n) is 13.3. The van der Waals surface area contributed by atoms with Gasteiger partial charge in [-0.1, -0.05) is 12.1 Å². The summed E-state index contributed by atoms with van der Waals surface area (Å²) in [6.07, 6.45) is 5.59. The van der Waals surface area contributed by atoms with Gasteiger partial charge in [0, 0.05) is 10.9 Å². The molecule has 118 valence electrons. The third-order valence-corrected chi connectivity index (χ3v) is 4.58. The number of aryl methyl sites for hydroxylation is 2. The van der Waals surface area contributed by atoms with E-state index in [0.29, 0.717) is 5.69 Å². The minimum absolute atomic E-state index is 0.0790. The molecule has 0 spiro atoms. The van der Waals surface area contributed by atoms with Crippen LogP contribution in [0.15, 0.2) is 46.2 Å². The lowest BCUT2D eigenvalue weighted by Gasteiger charge is -2.05. The van der Waals surface area contributed by atoms with Gasteiger partial charge in [0.15, 0.2) is 0 Å². The van der Waals surface area contributed by atoms with Crippen molar-refractivity contribution in [3.63, 3.8) is 0 Å². The topological polar surface area (TPSA) is 55.1 Å². The predicted octanol–water partition coefficient (Wildman–Crippen LogP) is 4.35. The van der Waals surface area contributed by atoms with Crippen LogP contribution in [0.2, 0.25) is 0 Å². The highest BCUT2D eigenvalue weighted by molar-refractivity contribution is 7.98. The number of nitrogens with zero attached hydrogens (tertiary/aromatic N) is 1. The van der Waals surface area contributed by atoms with Crippen molar-refractivity contribution in [1.29, 1.82) is 0 Å². The van der Waals surface area contributed by atoms with Gasteiger partial charge in [-0.25, -0.2) is 4.98 Å². The van der Waals surface area contributed by atoms with Gasteiger partial charge in [0.05, 0.1) is 29.6 Å². The number of fused-ring (bicyclic) bond motifs is 1. The Bertz CT molecular complexity index is 853. The third kappa shape index (κ3) is 3.24. The van der Waals surface area contributed by atoms with Crippen LogP contribution in [0.5, 0.6) is 0 Å². The second-order valence-electron chi connectivity index (χ2n) is 5.46. The summed E-state index contributed by atoms with van der Waals surface area (Å²) in [4.78, 5) is 16.5. The van der Waals surface area contributed by atoms with E-state index >= 15 is 0 Å². The van der Waals surface area contributed by atoms with Gasteiger partial charge in [-0.05, 0) is 43.4 Å². The highest BCUT2D eigenvalue weighted by atomic mass is 32.2.